The van der Waals surface area contributed by atoms with Crippen molar-refractivity contribution in [2.75, 3.05) is 0 Å². The molecule has 1 aliphatic rings. The van der Waals surface area contributed by atoms with Crippen molar-refractivity contribution in [3.05, 3.63) is 0 Å². The van der Waals surface area contributed by atoms with Gasteiger partial charge in [-0.25, -0.2) is 4.79 Å². The molecule has 0 spiro atoms. The summed E-state index contributed by atoms with van der Waals surface area (Å²) < 4.78 is 5.24. The van der Waals surface area contributed by atoms with Crippen LogP contribution in [-0.2, 0) is 14.3 Å². The second-order valence-corrected chi connectivity index (χ2v) is 5.17. The first-order valence-electron chi connectivity index (χ1n) is 5.25. The second-order valence-electron chi connectivity index (χ2n) is 5.17. The quantitative estimate of drug-likeness (QED) is 0.663. The standard InChI is InChI=1S/C11H19NO3/c1-6-7(2)9(13)12-8(6)10(14)15-11(3,4)5/h6-8H,1-5H3,(H,12,13)/t6-,7+,8-/m0/s1. The Balaban J connectivity index is 2.66. The molecule has 1 heterocycles. The minimum Gasteiger partial charge on any atom is -0.458 e. The number of rotatable bonds is 1. The fourth-order valence-electron chi connectivity index (χ4n) is 1.58. The van der Waals surface area contributed by atoms with Gasteiger partial charge in [-0.2, -0.15) is 0 Å². The fraction of sp³-hybridized carbons (Fsp3) is 0.818. The van der Waals surface area contributed by atoms with Crippen LogP contribution in [0.4, 0.5) is 0 Å². The van der Waals surface area contributed by atoms with Crippen molar-refractivity contribution in [1.29, 1.82) is 0 Å². The highest BCUT2D eigenvalue weighted by Gasteiger charge is 2.42. The average molecular weight is 213 g/mol. The largest absolute Gasteiger partial charge is 0.458 e. The Labute approximate surface area is 90.4 Å². The first-order valence-corrected chi connectivity index (χ1v) is 5.25. The van der Waals surface area contributed by atoms with E-state index >= 15 is 0 Å². The predicted octanol–water partition coefficient (Wildman–Crippen LogP) is 1.10. The molecular weight excluding hydrogens is 194 g/mol. The van der Waals surface area contributed by atoms with Crippen molar-refractivity contribution in [2.45, 2.75) is 46.3 Å². The molecule has 15 heavy (non-hydrogen) atoms. The summed E-state index contributed by atoms with van der Waals surface area (Å²) in [6, 6.07) is -0.494. The number of ether oxygens (including phenoxy) is 1. The Morgan fingerprint density at radius 1 is 1.33 bits per heavy atom. The van der Waals surface area contributed by atoms with Crippen LogP contribution in [0.25, 0.3) is 0 Å². The molecule has 4 nitrogen and oxygen atoms in total. The van der Waals surface area contributed by atoms with Crippen molar-refractivity contribution in [3.8, 4) is 0 Å². The molecule has 0 radical (unpaired) electrons. The van der Waals surface area contributed by atoms with Crippen LogP contribution in [0.15, 0.2) is 0 Å². The maximum absolute atomic E-state index is 11.7. The van der Waals surface area contributed by atoms with Gasteiger partial charge in [0.25, 0.3) is 0 Å². The lowest BCUT2D eigenvalue weighted by molar-refractivity contribution is -0.158. The summed E-state index contributed by atoms with van der Waals surface area (Å²) in [5, 5.41) is 2.66. The Bertz CT molecular complexity index is 280. The van der Waals surface area contributed by atoms with Gasteiger partial charge in [-0.15, -0.1) is 0 Å². The number of carbonyl (C=O) groups excluding carboxylic acids is 2. The molecule has 1 aliphatic heterocycles. The molecule has 1 N–H and O–H groups in total. The van der Waals surface area contributed by atoms with Gasteiger partial charge in [0.2, 0.25) is 5.91 Å². The highest BCUT2D eigenvalue weighted by atomic mass is 16.6. The van der Waals surface area contributed by atoms with Gasteiger partial charge in [-0.3, -0.25) is 4.79 Å². The highest BCUT2D eigenvalue weighted by Crippen LogP contribution is 2.24. The molecule has 3 atom stereocenters. The number of hydrogen-bond donors (Lipinski definition) is 1. The third-order valence-electron chi connectivity index (χ3n) is 2.69. The lowest BCUT2D eigenvalue weighted by Gasteiger charge is -2.23. The van der Waals surface area contributed by atoms with Crippen LogP contribution in [0.3, 0.4) is 0 Å². The Hall–Kier alpha value is -1.06. The second kappa shape index (κ2) is 3.83. The van der Waals surface area contributed by atoms with Gasteiger partial charge in [0, 0.05) is 5.92 Å². The van der Waals surface area contributed by atoms with Gasteiger partial charge in [0.1, 0.15) is 11.6 Å². The molecule has 0 unspecified atom stereocenters. The van der Waals surface area contributed by atoms with Crippen molar-refractivity contribution in [2.24, 2.45) is 11.8 Å². The number of amides is 1. The molecule has 0 bridgehead atoms. The van der Waals surface area contributed by atoms with Crippen LogP contribution in [-0.4, -0.2) is 23.5 Å². The molecule has 0 aromatic carbocycles. The van der Waals surface area contributed by atoms with E-state index in [1.54, 1.807) is 0 Å². The van der Waals surface area contributed by atoms with Crippen molar-refractivity contribution >= 4 is 11.9 Å². The number of hydrogen-bond acceptors (Lipinski definition) is 3. The monoisotopic (exact) mass is 213 g/mol. The lowest BCUT2D eigenvalue weighted by Crippen LogP contribution is -2.41. The highest BCUT2D eigenvalue weighted by molar-refractivity contribution is 5.90. The summed E-state index contributed by atoms with van der Waals surface area (Å²) in [5.41, 5.74) is -0.507. The van der Waals surface area contributed by atoms with Gasteiger partial charge in [-0.05, 0) is 26.7 Å². The van der Waals surface area contributed by atoms with E-state index in [2.05, 4.69) is 5.32 Å². The first kappa shape index (κ1) is 12.0. The molecule has 1 amide bonds. The van der Waals surface area contributed by atoms with Gasteiger partial charge in [-0.1, -0.05) is 13.8 Å². The van der Waals surface area contributed by atoms with Crippen LogP contribution in [0.1, 0.15) is 34.6 Å². The summed E-state index contributed by atoms with van der Waals surface area (Å²) in [5.74, 6) is -0.541. The SMILES string of the molecule is C[C@@H]1[C@@H](C(=O)OC(C)(C)C)NC(=O)[C@@H]1C. The van der Waals surface area contributed by atoms with E-state index in [-0.39, 0.29) is 23.7 Å². The summed E-state index contributed by atoms with van der Waals surface area (Å²) in [4.78, 5) is 23.1. The van der Waals surface area contributed by atoms with E-state index < -0.39 is 11.6 Å². The van der Waals surface area contributed by atoms with E-state index in [1.807, 2.05) is 34.6 Å². The molecule has 0 aromatic rings. The van der Waals surface area contributed by atoms with E-state index in [0.29, 0.717) is 0 Å². The molecule has 0 aliphatic carbocycles. The Morgan fingerprint density at radius 3 is 2.20 bits per heavy atom. The zero-order chi connectivity index (χ0) is 11.8. The number of carbonyl (C=O) groups is 2. The topological polar surface area (TPSA) is 55.4 Å². The Morgan fingerprint density at radius 2 is 1.87 bits per heavy atom. The molecule has 0 saturated carbocycles. The summed E-state index contributed by atoms with van der Waals surface area (Å²) in [6.45, 7) is 9.16. The minimum atomic E-state index is -0.507. The smallest absolute Gasteiger partial charge is 0.329 e. The molecule has 1 fully saturated rings. The van der Waals surface area contributed by atoms with Crippen molar-refractivity contribution < 1.29 is 14.3 Å². The first-order chi connectivity index (χ1) is 6.72. The summed E-state index contributed by atoms with van der Waals surface area (Å²) >= 11 is 0. The van der Waals surface area contributed by atoms with Crippen molar-refractivity contribution in [1.82, 2.24) is 5.32 Å². The van der Waals surface area contributed by atoms with Gasteiger partial charge >= 0.3 is 5.97 Å². The molecule has 0 aromatic heterocycles. The number of nitrogens with one attached hydrogen (secondary N) is 1. The zero-order valence-corrected chi connectivity index (χ0v) is 9.96. The van der Waals surface area contributed by atoms with E-state index in [4.69, 9.17) is 4.74 Å². The fourth-order valence-corrected chi connectivity index (χ4v) is 1.58. The third kappa shape index (κ3) is 2.70. The lowest BCUT2D eigenvalue weighted by atomic mass is 9.94. The molecule has 1 saturated heterocycles. The molecule has 1 rings (SSSR count). The summed E-state index contributed by atoms with van der Waals surface area (Å²) in [6.07, 6.45) is 0. The van der Waals surface area contributed by atoms with Crippen molar-refractivity contribution in [3.63, 3.8) is 0 Å². The van der Waals surface area contributed by atoms with Crippen LogP contribution in [0.5, 0.6) is 0 Å². The summed E-state index contributed by atoms with van der Waals surface area (Å²) in [7, 11) is 0. The van der Waals surface area contributed by atoms with E-state index in [0.717, 1.165) is 0 Å². The van der Waals surface area contributed by atoms with Crippen LogP contribution < -0.4 is 5.32 Å². The zero-order valence-electron chi connectivity index (χ0n) is 9.96. The average Bonchev–Trinajstić information content (AvgIpc) is 2.30. The Kier molecular flexibility index (Phi) is 3.07. The third-order valence-corrected chi connectivity index (χ3v) is 2.69. The van der Waals surface area contributed by atoms with Crippen LogP contribution >= 0.6 is 0 Å². The van der Waals surface area contributed by atoms with Crippen LogP contribution in [0.2, 0.25) is 0 Å². The van der Waals surface area contributed by atoms with Gasteiger partial charge in [0.15, 0.2) is 0 Å². The van der Waals surface area contributed by atoms with Crippen LogP contribution in [0, 0.1) is 11.8 Å². The normalized spacial score (nSPS) is 31.3. The molecule has 86 valence electrons. The van der Waals surface area contributed by atoms with E-state index in [9.17, 15) is 9.59 Å². The predicted molar refractivity (Wildman–Crippen MR) is 56.1 cm³/mol. The molecular formula is C11H19NO3. The van der Waals surface area contributed by atoms with Gasteiger partial charge in [0.05, 0.1) is 0 Å². The number of esters is 1. The minimum absolute atomic E-state index is 0.00708. The maximum Gasteiger partial charge on any atom is 0.329 e. The van der Waals surface area contributed by atoms with Gasteiger partial charge < -0.3 is 10.1 Å². The van der Waals surface area contributed by atoms with E-state index in [1.165, 1.54) is 0 Å². The molecule has 4 heteroatoms. The maximum atomic E-state index is 11.7.